The molecule has 1 aromatic rings. The fourth-order valence-corrected chi connectivity index (χ4v) is 1.79. The van der Waals surface area contributed by atoms with Gasteiger partial charge in [0.2, 0.25) is 0 Å². The van der Waals surface area contributed by atoms with E-state index in [4.69, 9.17) is 16.3 Å². The van der Waals surface area contributed by atoms with Gasteiger partial charge in [-0.15, -0.1) is 11.6 Å². The molecule has 1 aromatic carbocycles. The van der Waals surface area contributed by atoms with Crippen molar-refractivity contribution in [3.63, 3.8) is 0 Å². The predicted molar refractivity (Wildman–Crippen MR) is 76.5 cm³/mol. The standard InChI is InChI=1S/C13H17ClN2O4/c1-4-13(2,8-14)15-12(17)9-5-6-11(20-3)10(7-9)16(18)19/h5-7H,4,8H2,1-3H3,(H,15,17). The maximum Gasteiger partial charge on any atom is 0.311 e. The Labute approximate surface area is 122 Å². The average Bonchev–Trinajstić information content (AvgIpc) is 2.46. The summed E-state index contributed by atoms with van der Waals surface area (Å²) < 4.78 is 4.89. The molecule has 0 saturated carbocycles. The summed E-state index contributed by atoms with van der Waals surface area (Å²) in [6, 6.07) is 4.07. The number of rotatable bonds is 6. The van der Waals surface area contributed by atoms with Crippen molar-refractivity contribution in [2.75, 3.05) is 13.0 Å². The van der Waals surface area contributed by atoms with Gasteiger partial charge in [0.05, 0.1) is 17.6 Å². The van der Waals surface area contributed by atoms with E-state index in [9.17, 15) is 14.9 Å². The van der Waals surface area contributed by atoms with Gasteiger partial charge in [-0.25, -0.2) is 0 Å². The number of nitrogens with one attached hydrogen (secondary N) is 1. The summed E-state index contributed by atoms with van der Waals surface area (Å²) in [5, 5.41) is 13.7. The van der Waals surface area contributed by atoms with E-state index in [1.807, 2.05) is 13.8 Å². The normalized spacial score (nSPS) is 13.4. The Bertz CT molecular complexity index is 515. The second-order valence-corrected chi connectivity index (χ2v) is 4.91. The largest absolute Gasteiger partial charge is 0.490 e. The van der Waals surface area contributed by atoms with E-state index >= 15 is 0 Å². The third kappa shape index (κ3) is 3.60. The lowest BCUT2D eigenvalue weighted by atomic mass is 10.0. The second kappa shape index (κ2) is 6.56. The highest BCUT2D eigenvalue weighted by molar-refractivity contribution is 6.18. The van der Waals surface area contributed by atoms with Gasteiger partial charge in [0.25, 0.3) is 5.91 Å². The van der Waals surface area contributed by atoms with Crippen LogP contribution in [0.3, 0.4) is 0 Å². The molecule has 0 aliphatic rings. The van der Waals surface area contributed by atoms with Gasteiger partial charge >= 0.3 is 5.69 Å². The van der Waals surface area contributed by atoms with Gasteiger partial charge in [0.15, 0.2) is 5.75 Å². The van der Waals surface area contributed by atoms with Crippen molar-refractivity contribution in [1.29, 1.82) is 0 Å². The van der Waals surface area contributed by atoms with Crippen LogP contribution < -0.4 is 10.1 Å². The van der Waals surface area contributed by atoms with E-state index in [0.717, 1.165) is 0 Å². The zero-order valence-corrected chi connectivity index (χ0v) is 12.4. The van der Waals surface area contributed by atoms with E-state index in [1.54, 1.807) is 0 Å². The highest BCUT2D eigenvalue weighted by Crippen LogP contribution is 2.27. The minimum Gasteiger partial charge on any atom is -0.490 e. The number of methoxy groups -OCH3 is 1. The summed E-state index contributed by atoms with van der Waals surface area (Å²) in [6.45, 7) is 3.72. The van der Waals surface area contributed by atoms with E-state index < -0.39 is 16.4 Å². The number of nitrogens with zero attached hydrogens (tertiary/aromatic N) is 1. The van der Waals surface area contributed by atoms with Crippen molar-refractivity contribution in [3.8, 4) is 5.75 Å². The van der Waals surface area contributed by atoms with Crippen LogP contribution in [0.4, 0.5) is 5.69 Å². The summed E-state index contributed by atoms with van der Waals surface area (Å²) in [4.78, 5) is 22.5. The first-order valence-electron chi connectivity index (χ1n) is 6.07. The van der Waals surface area contributed by atoms with E-state index in [2.05, 4.69) is 5.32 Å². The minimum atomic E-state index is -0.587. The first-order chi connectivity index (χ1) is 9.36. The minimum absolute atomic E-state index is 0.113. The van der Waals surface area contributed by atoms with E-state index in [1.165, 1.54) is 25.3 Å². The lowest BCUT2D eigenvalue weighted by molar-refractivity contribution is -0.385. The number of benzene rings is 1. The number of ether oxygens (including phenoxy) is 1. The molecule has 0 aliphatic heterocycles. The van der Waals surface area contributed by atoms with Crippen molar-refractivity contribution in [2.45, 2.75) is 25.8 Å². The van der Waals surface area contributed by atoms with Gasteiger partial charge in [-0.3, -0.25) is 14.9 Å². The second-order valence-electron chi connectivity index (χ2n) is 4.65. The van der Waals surface area contributed by atoms with Gasteiger partial charge in [-0.05, 0) is 25.5 Å². The van der Waals surface area contributed by atoms with Crippen LogP contribution in [0.5, 0.6) is 5.75 Å². The number of hydrogen-bond donors (Lipinski definition) is 1. The van der Waals surface area contributed by atoms with Crippen molar-refractivity contribution < 1.29 is 14.5 Å². The molecule has 110 valence electrons. The number of carbonyl (C=O) groups excluding carboxylic acids is 1. The van der Waals surface area contributed by atoms with Crippen LogP contribution in [0.25, 0.3) is 0 Å². The van der Waals surface area contributed by atoms with Crippen LogP contribution in [0.2, 0.25) is 0 Å². The van der Waals surface area contributed by atoms with Gasteiger partial charge in [-0.1, -0.05) is 6.92 Å². The van der Waals surface area contributed by atoms with E-state index in [0.29, 0.717) is 6.42 Å². The molecule has 0 aliphatic carbocycles. The summed E-state index contributed by atoms with van der Waals surface area (Å²) >= 11 is 5.83. The monoisotopic (exact) mass is 300 g/mol. The highest BCUT2D eigenvalue weighted by Gasteiger charge is 2.25. The molecule has 0 spiro atoms. The van der Waals surface area contributed by atoms with Crippen LogP contribution in [-0.4, -0.2) is 29.4 Å². The maximum atomic E-state index is 12.1. The number of hydrogen-bond acceptors (Lipinski definition) is 4. The number of alkyl halides is 1. The fraction of sp³-hybridized carbons (Fsp3) is 0.462. The Balaban J connectivity index is 3.06. The Hall–Kier alpha value is -1.82. The van der Waals surface area contributed by atoms with Gasteiger partial charge in [-0.2, -0.15) is 0 Å². The third-order valence-corrected chi connectivity index (χ3v) is 3.72. The Kier molecular flexibility index (Phi) is 5.33. The molecule has 1 atom stereocenters. The molecule has 0 bridgehead atoms. The molecule has 1 amide bonds. The number of carbonyl (C=O) groups is 1. The summed E-state index contributed by atoms with van der Waals surface area (Å²) in [5.74, 6) is -0.0316. The predicted octanol–water partition coefficient (Wildman–Crippen LogP) is 2.74. The molecule has 0 saturated heterocycles. The quantitative estimate of drug-likeness (QED) is 0.497. The first kappa shape index (κ1) is 16.2. The van der Waals surface area contributed by atoms with Gasteiger partial charge in [0, 0.05) is 17.5 Å². The summed E-state index contributed by atoms with van der Waals surface area (Å²) in [7, 11) is 1.34. The smallest absolute Gasteiger partial charge is 0.311 e. The Morgan fingerprint density at radius 3 is 2.65 bits per heavy atom. The molecule has 0 fully saturated rings. The summed E-state index contributed by atoms with van der Waals surface area (Å²) in [6.07, 6.45) is 0.653. The average molecular weight is 301 g/mol. The maximum absolute atomic E-state index is 12.1. The van der Waals surface area contributed by atoms with Gasteiger partial charge in [0.1, 0.15) is 0 Å². The molecule has 0 aromatic heterocycles. The first-order valence-corrected chi connectivity index (χ1v) is 6.61. The number of halogens is 1. The molecule has 1 unspecified atom stereocenters. The zero-order chi connectivity index (χ0) is 15.3. The molecule has 0 radical (unpaired) electrons. The topological polar surface area (TPSA) is 81.5 Å². The Morgan fingerprint density at radius 1 is 1.55 bits per heavy atom. The molecule has 1 rings (SSSR count). The Morgan fingerprint density at radius 2 is 2.20 bits per heavy atom. The van der Waals surface area contributed by atoms with E-state index in [-0.39, 0.29) is 22.9 Å². The molecular formula is C13H17ClN2O4. The molecule has 20 heavy (non-hydrogen) atoms. The van der Waals surface area contributed by atoms with Crippen LogP contribution in [0, 0.1) is 10.1 Å². The zero-order valence-electron chi connectivity index (χ0n) is 11.6. The fourth-order valence-electron chi connectivity index (χ4n) is 1.54. The molecule has 0 heterocycles. The molecule has 1 N–H and O–H groups in total. The number of nitro groups is 1. The van der Waals surface area contributed by atoms with Crippen LogP contribution in [0.1, 0.15) is 30.6 Å². The number of amides is 1. The van der Waals surface area contributed by atoms with Gasteiger partial charge < -0.3 is 10.1 Å². The summed E-state index contributed by atoms with van der Waals surface area (Å²) in [5.41, 5.74) is -0.598. The van der Waals surface area contributed by atoms with Crippen LogP contribution in [0.15, 0.2) is 18.2 Å². The molecule has 7 heteroatoms. The lowest BCUT2D eigenvalue weighted by Crippen LogP contribution is -2.47. The molecule has 6 nitrogen and oxygen atoms in total. The van der Waals surface area contributed by atoms with Crippen LogP contribution >= 0.6 is 11.6 Å². The highest BCUT2D eigenvalue weighted by atomic mass is 35.5. The SMILES string of the molecule is CCC(C)(CCl)NC(=O)c1ccc(OC)c([N+](=O)[O-])c1. The number of nitro benzene ring substituents is 1. The third-order valence-electron chi connectivity index (χ3n) is 3.13. The van der Waals surface area contributed by atoms with Crippen molar-refractivity contribution in [3.05, 3.63) is 33.9 Å². The molecular weight excluding hydrogens is 284 g/mol. The van der Waals surface area contributed by atoms with Crippen LogP contribution in [-0.2, 0) is 0 Å². The van der Waals surface area contributed by atoms with Crippen molar-refractivity contribution >= 4 is 23.2 Å². The van der Waals surface area contributed by atoms with Crippen molar-refractivity contribution in [2.24, 2.45) is 0 Å². The lowest BCUT2D eigenvalue weighted by Gasteiger charge is -2.27. The van der Waals surface area contributed by atoms with Crippen molar-refractivity contribution in [1.82, 2.24) is 5.32 Å².